The first-order chi connectivity index (χ1) is 24.1. The minimum Gasteiger partial charge on any atom is -0.490 e. The summed E-state index contributed by atoms with van der Waals surface area (Å²) in [5, 5.41) is 11.4. The lowest BCUT2D eigenvalue weighted by Crippen LogP contribution is -2.65. The van der Waals surface area contributed by atoms with Crippen LogP contribution in [-0.4, -0.2) is 73.9 Å². The molecule has 1 aliphatic heterocycles. The normalized spacial score (nSPS) is 24.3. The number of nitrogens with zero attached hydrogens (tertiary/aromatic N) is 2. The zero-order valence-corrected chi connectivity index (χ0v) is 31.4. The summed E-state index contributed by atoms with van der Waals surface area (Å²) in [6.45, 7) is 14.3. The van der Waals surface area contributed by atoms with Crippen molar-refractivity contribution in [2.75, 3.05) is 31.1 Å². The number of carbonyl (C=O) groups excluding carboxylic acids is 2. The number of rotatable bonds is 10. The fraction of sp³-hybridized carbons (Fsp3) is 0.538. The number of carbonyl (C=O) groups is 2. The van der Waals surface area contributed by atoms with E-state index in [0.29, 0.717) is 55.4 Å². The Morgan fingerprint density at radius 3 is 2.55 bits per heavy atom. The van der Waals surface area contributed by atoms with E-state index < -0.39 is 39.3 Å². The van der Waals surface area contributed by atoms with Crippen molar-refractivity contribution in [3.63, 3.8) is 0 Å². The monoisotopic (exact) mass is 739 g/mol. The first kappa shape index (κ1) is 37.2. The van der Waals surface area contributed by atoms with Gasteiger partial charge in [0.05, 0.1) is 23.3 Å². The van der Waals surface area contributed by atoms with Crippen molar-refractivity contribution < 1.29 is 32.6 Å². The van der Waals surface area contributed by atoms with Gasteiger partial charge in [-0.05, 0) is 125 Å². The minimum absolute atomic E-state index is 0.0212. The molecule has 2 amide bonds. The summed E-state index contributed by atoms with van der Waals surface area (Å²) in [7, 11) is -4.39. The van der Waals surface area contributed by atoms with Crippen molar-refractivity contribution in [2.45, 2.75) is 99.7 Å². The van der Waals surface area contributed by atoms with E-state index in [-0.39, 0.29) is 28.7 Å². The van der Waals surface area contributed by atoms with E-state index in [4.69, 9.17) is 21.1 Å². The zero-order chi connectivity index (χ0) is 36.8. The summed E-state index contributed by atoms with van der Waals surface area (Å²) in [6.07, 6.45) is 7.56. The number of sulfonamides is 1. The molecule has 2 N–H and O–H groups in total. The molecular weight excluding hydrogens is 690 g/mol. The maximum absolute atomic E-state index is 14.0. The Hall–Kier alpha value is -3.54. The van der Waals surface area contributed by atoms with Gasteiger partial charge in [-0.1, -0.05) is 29.8 Å². The molecular formula is C39H50ClN3O7S. The molecule has 2 saturated carbocycles. The number of aliphatic hydroxyl groups excluding tert-OH is 1. The van der Waals surface area contributed by atoms with Crippen LogP contribution in [0.15, 0.2) is 66.6 Å². The van der Waals surface area contributed by atoms with Gasteiger partial charge < -0.3 is 19.5 Å². The molecule has 3 aliphatic carbocycles. The third-order valence-electron chi connectivity index (χ3n) is 11.2. The number of aliphatic hydroxyl groups is 1. The molecule has 51 heavy (non-hydrogen) atoms. The molecule has 1 spiro atoms. The van der Waals surface area contributed by atoms with Gasteiger partial charge in [0.25, 0.3) is 15.9 Å². The number of hydrogen-bond acceptors (Lipinski definition) is 8. The van der Waals surface area contributed by atoms with Crippen LogP contribution in [0.4, 0.5) is 10.5 Å². The average molecular weight is 740 g/mol. The topological polar surface area (TPSA) is 125 Å². The molecule has 2 fully saturated rings. The Morgan fingerprint density at radius 2 is 1.92 bits per heavy atom. The molecule has 0 radical (unpaired) electrons. The molecule has 0 bridgehead atoms. The van der Waals surface area contributed by atoms with E-state index in [9.17, 15) is 23.1 Å². The number of anilines is 1. The van der Waals surface area contributed by atoms with E-state index in [1.165, 1.54) is 28.2 Å². The number of ether oxygens (including phenoxy) is 2. The minimum atomic E-state index is -4.39. The van der Waals surface area contributed by atoms with Crippen molar-refractivity contribution >= 4 is 39.3 Å². The summed E-state index contributed by atoms with van der Waals surface area (Å²) in [6, 6.07) is 10.7. The van der Waals surface area contributed by atoms with Crippen molar-refractivity contribution in [3.05, 3.63) is 77.9 Å². The summed E-state index contributed by atoms with van der Waals surface area (Å²) in [5.41, 5.74) is 0.427. The number of nitrogens with one attached hydrogen (secondary N) is 1. The van der Waals surface area contributed by atoms with Gasteiger partial charge in [0.15, 0.2) is 0 Å². The predicted octanol–water partition coefficient (Wildman–Crippen LogP) is 6.54. The Bertz CT molecular complexity index is 1800. The van der Waals surface area contributed by atoms with Gasteiger partial charge in [-0.25, -0.2) is 17.9 Å². The number of halogens is 1. The SMILES string of the molecule is C=CCN(C(=O)OC(C)(C)C)C1(C(=O)NS(=O)(=O)c2ccc3c(c2)N(C[C@@H]2CC[C@H]2C(O)C=C)C[C@@]2(CCCc4cc(Cl)ccc42)CO3)CCC1. The molecule has 276 valence electrons. The van der Waals surface area contributed by atoms with Crippen LogP contribution in [-0.2, 0) is 31.4 Å². The highest BCUT2D eigenvalue weighted by Crippen LogP contribution is 2.47. The molecule has 10 nitrogen and oxygen atoms in total. The van der Waals surface area contributed by atoms with Gasteiger partial charge in [-0.3, -0.25) is 9.69 Å². The molecule has 12 heteroatoms. The highest BCUT2D eigenvalue weighted by atomic mass is 35.5. The van der Waals surface area contributed by atoms with E-state index in [1.54, 1.807) is 39.0 Å². The van der Waals surface area contributed by atoms with Crippen LogP contribution in [0.5, 0.6) is 5.75 Å². The lowest BCUT2D eigenvalue weighted by Gasteiger charge is -2.47. The molecule has 4 atom stereocenters. The molecule has 6 rings (SSSR count). The van der Waals surface area contributed by atoms with Gasteiger partial charge >= 0.3 is 6.09 Å². The summed E-state index contributed by atoms with van der Waals surface area (Å²) >= 11 is 6.41. The second kappa shape index (κ2) is 14.1. The lowest BCUT2D eigenvalue weighted by atomic mass is 9.68. The standard InChI is InChI=1S/C39H50ClN3O7S/c1-6-20-43(36(46)50-37(3,4)5)39(18-9-19-39)35(45)41-51(47,48)29-13-16-34-32(22-29)42(23-27-11-14-30(27)33(44)7-2)24-38(25-49-34)17-8-10-26-21-28(40)12-15-31(26)38/h6-7,12-13,15-16,21-22,27,30,33,44H,1-2,8-11,14,17-20,23-25H2,3-5H3,(H,41,45)/t27-,30+,33?,38-/m0/s1. The van der Waals surface area contributed by atoms with Crippen LogP contribution in [0.1, 0.15) is 76.8 Å². The maximum Gasteiger partial charge on any atom is 0.411 e. The quantitative estimate of drug-likeness (QED) is 0.264. The number of hydrogen-bond donors (Lipinski definition) is 2. The van der Waals surface area contributed by atoms with Crippen LogP contribution < -0.4 is 14.4 Å². The number of benzene rings is 2. The van der Waals surface area contributed by atoms with Gasteiger partial charge in [-0.15, -0.1) is 13.2 Å². The second-order valence-electron chi connectivity index (χ2n) is 15.7. The Morgan fingerprint density at radius 1 is 1.16 bits per heavy atom. The predicted molar refractivity (Wildman–Crippen MR) is 198 cm³/mol. The van der Waals surface area contributed by atoms with Crippen LogP contribution >= 0.6 is 11.6 Å². The molecule has 0 aromatic heterocycles. The van der Waals surface area contributed by atoms with E-state index in [0.717, 1.165) is 32.1 Å². The summed E-state index contributed by atoms with van der Waals surface area (Å²) in [5.74, 6) is -0.0131. The molecule has 2 aromatic rings. The van der Waals surface area contributed by atoms with E-state index in [2.05, 4.69) is 28.8 Å². The largest absolute Gasteiger partial charge is 0.490 e. The third kappa shape index (κ3) is 7.26. The molecule has 1 heterocycles. The summed E-state index contributed by atoms with van der Waals surface area (Å²) in [4.78, 5) is 30.6. The third-order valence-corrected chi connectivity index (χ3v) is 12.8. The molecule has 1 unspecified atom stereocenters. The van der Waals surface area contributed by atoms with Gasteiger partial charge in [0.2, 0.25) is 0 Å². The highest BCUT2D eigenvalue weighted by molar-refractivity contribution is 7.90. The lowest BCUT2D eigenvalue weighted by molar-refractivity contribution is -0.137. The fourth-order valence-corrected chi connectivity index (χ4v) is 9.53. The molecule has 2 aromatic carbocycles. The number of fused-ring (bicyclic) bond motifs is 3. The summed E-state index contributed by atoms with van der Waals surface area (Å²) < 4.78 is 42.5. The smallest absolute Gasteiger partial charge is 0.411 e. The van der Waals surface area contributed by atoms with E-state index >= 15 is 0 Å². The van der Waals surface area contributed by atoms with Crippen molar-refractivity contribution in [2.24, 2.45) is 11.8 Å². The van der Waals surface area contributed by atoms with Gasteiger partial charge in [0.1, 0.15) is 16.9 Å². The first-order valence-corrected chi connectivity index (χ1v) is 19.8. The van der Waals surface area contributed by atoms with Crippen molar-refractivity contribution in [3.8, 4) is 5.75 Å². The number of amides is 2. The average Bonchev–Trinajstić information content (AvgIpc) is 3.17. The first-order valence-electron chi connectivity index (χ1n) is 17.9. The Kier molecular flexibility index (Phi) is 10.3. The maximum atomic E-state index is 14.0. The second-order valence-corrected chi connectivity index (χ2v) is 17.8. The van der Waals surface area contributed by atoms with Gasteiger partial charge in [0, 0.05) is 30.1 Å². The van der Waals surface area contributed by atoms with Crippen LogP contribution in [0.3, 0.4) is 0 Å². The fourth-order valence-electron chi connectivity index (χ4n) is 8.27. The molecule has 4 aliphatic rings. The zero-order valence-electron chi connectivity index (χ0n) is 29.8. The van der Waals surface area contributed by atoms with Crippen LogP contribution in [0.2, 0.25) is 5.02 Å². The van der Waals surface area contributed by atoms with Gasteiger partial charge in [-0.2, -0.15) is 0 Å². The van der Waals surface area contributed by atoms with Crippen molar-refractivity contribution in [1.29, 1.82) is 0 Å². The highest BCUT2D eigenvalue weighted by Gasteiger charge is 2.53. The van der Waals surface area contributed by atoms with E-state index in [1.807, 2.05) is 12.1 Å². The number of aryl methyl sites for hydroxylation is 1. The van der Waals surface area contributed by atoms with Crippen LogP contribution in [0.25, 0.3) is 0 Å². The Balaban J connectivity index is 1.33. The van der Waals surface area contributed by atoms with Crippen LogP contribution in [0, 0.1) is 11.8 Å². The Labute approximate surface area is 306 Å². The molecule has 0 saturated heterocycles. The van der Waals surface area contributed by atoms with Crippen molar-refractivity contribution in [1.82, 2.24) is 9.62 Å².